The fourth-order valence-electron chi connectivity index (χ4n) is 3.22. The van der Waals surface area contributed by atoms with Crippen LogP contribution in [0.3, 0.4) is 0 Å². The van der Waals surface area contributed by atoms with Gasteiger partial charge in [-0.05, 0) is 45.2 Å². The van der Waals surface area contributed by atoms with E-state index in [9.17, 15) is 4.79 Å². The molecule has 2 heterocycles. The van der Waals surface area contributed by atoms with Crippen LogP contribution in [-0.2, 0) is 9.53 Å². The Kier molecular flexibility index (Phi) is 5.31. The van der Waals surface area contributed by atoms with Crippen LogP contribution < -0.4 is 0 Å². The van der Waals surface area contributed by atoms with Crippen LogP contribution in [0.1, 0.15) is 45.4 Å². The van der Waals surface area contributed by atoms with Crippen molar-refractivity contribution in [3.8, 4) is 0 Å². The first-order valence-electron chi connectivity index (χ1n) is 7.27. The monoisotopic (exact) mass is 273 g/mol. The van der Waals surface area contributed by atoms with Crippen molar-refractivity contribution < 1.29 is 9.53 Å². The molecule has 0 aromatic carbocycles. The highest BCUT2D eigenvalue weighted by Gasteiger charge is 2.33. The van der Waals surface area contributed by atoms with Crippen LogP contribution in [-0.4, -0.2) is 42.0 Å². The molecule has 2 aliphatic rings. The van der Waals surface area contributed by atoms with E-state index < -0.39 is 5.38 Å². The van der Waals surface area contributed by atoms with Gasteiger partial charge in [-0.25, -0.2) is 0 Å². The van der Waals surface area contributed by atoms with Crippen LogP contribution >= 0.6 is 11.6 Å². The molecular formula is C14H24ClNO2. The number of rotatable bonds is 4. The van der Waals surface area contributed by atoms with Crippen molar-refractivity contribution in [2.45, 2.75) is 56.9 Å². The van der Waals surface area contributed by atoms with E-state index in [-0.39, 0.29) is 5.97 Å². The van der Waals surface area contributed by atoms with Crippen LogP contribution in [0.15, 0.2) is 0 Å². The Morgan fingerprint density at radius 1 is 1.33 bits per heavy atom. The number of nitrogens with zero attached hydrogens (tertiary/aromatic N) is 1. The summed E-state index contributed by atoms with van der Waals surface area (Å²) in [5, 5.41) is -0.476. The second kappa shape index (κ2) is 6.76. The highest BCUT2D eigenvalue weighted by Crippen LogP contribution is 2.31. The first-order valence-corrected chi connectivity index (χ1v) is 7.70. The van der Waals surface area contributed by atoms with E-state index in [4.69, 9.17) is 16.3 Å². The molecule has 0 saturated carbocycles. The van der Waals surface area contributed by atoms with Gasteiger partial charge in [-0.2, -0.15) is 0 Å². The van der Waals surface area contributed by atoms with Crippen molar-refractivity contribution in [3.05, 3.63) is 0 Å². The number of halogens is 1. The third-order valence-corrected chi connectivity index (χ3v) is 4.77. The smallest absolute Gasteiger partial charge is 0.324 e. The molecule has 0 aromatic rings. The summed E-state index contributed by atoms with van der Waals surface area (Å²) < 4.78 is 5.39. The van der Waals surface area contributed by atoms with Gasteiger partial charge in [0.2, 0.25) is 0 Å². The van der Waals surface area contributed by atoms with Crippen molar-refractivity contribution >= 4 is 17.6 Å². The predicted molar refractivity (Wildman–Crippen MR) is 72.8 cm³/mol. The van der Waals surface area contributed by atoms with Gasteiger partial charge in [-0.1, -0.05) is 13.3 Å². The first kappa shape index (κ1) is 14.1. The molecule has 0 amide bonds. The molecule has 0 radical (unpaired) electrons. The molecule has 0 N–H and O–H groups in total. The average molecular weight is 274 g/mol. The average Bonchev–Trinajstić information content (AvgIpc) is 2.43. The minimum Gasteiger partial charge on any atom is -0.464 e. The fourth-order valence-corrected chi connectivity index (χ4v) is 3.28. The van der Waals surface area contributed by atoms with Gasteiger partial charge in [0.1, 0.15) is 5.38 Å². The maximum Gasteiger partial charge on any atom is 0.324 e. The SMILES string of the molecule is CC[C@H](Cl)C(=O)OC[C@@H]1CCCN2CCCC[C@H]12. The first-order chi connectivity index (χ1) is 8.72. The molecule has 0 bridgehead atoms. The van der Waals surface area contributed by atoms with Crippen molar-refractivity contribution in [3.63, 3.8) is 0 Å². The van der Waals surface area contributed by atoms with E-state index in [0.717, 1.165) is 0 Å². The molecule has 4 heteroatoms. The van der Waals surface area contributed by atoms with Crippen molar-refractivity contribution in [2.24, 2.45) is 5.92 Å². The Morgan fingerprint density at radius 3 is 2.89 bits per heavy atom. The number of hydrogen-bond donors (Lipinski definition) is 0. The lowest BCUT2D eigenvalue weighted by Gasteiger charge is -2.44. The van der Waals surface area contributed by atoms with Gasteiger partial charge in [-0.15, -0.1) is 11.6 Å². The zero-order chi connectivity index (χ0) is 13.0. The number of piperidine rings is 2. The molecule has 18 heavy (non-hydrogen) atoms. The molecule has 3 nitrogen and oxygen atoms in total. The summed E-state index contributed by atoms with van der Waals surface area (Å²) >= 11 is 5.89. The summed E-state index contributed by atoms with van der Waals surface area (Å²) in [6.45, 7) is 4.91. The largest absolute Gasteiger partial charge is 0.464 e. The zero-order valence-electron chi connectivity index (χ0n) is 11.2. The second-order valence-corrected chi connectivity index (χ2v) is 6.03. The Labute approximate surface area is 115 Å². The van der Waals surface area contributed by atoms with E-state index in [0.29, 0.717) is 25.0 Å². The molecule has 3 atom stereocenters. The molecule has 0 spiro atoms. The number of fused-ring (bicyclic) bond motifs is 1. The molecule has 2 rings (SSSR count). The highest BCUT2D eigenvalue weighted by atomic mass is 35.5. The highest BCUT2D eigenvalue weighted by molar-refractivity contribution is 6.29. The minimum atomic E-state index is -0.476. The van der Waals surface area contributed by atoms with Gasteiger partial charge in [-0.3, -0.25) is 9.69 Å². The maximum absolute atomic E-state index is 11.6. The summed E-state index contributed by atoms with van der Waals surface area (Å²) in [4.78, 5) is 14.2. The van der Waals surface area contributed by atoms with Gasteiger partial charge < -0.3 is 4.74 Å². The van der Waals surface area contributed by atoms with E-state index in [1.807, 2.05) is 6.92 Å². The van der Waals surface area contributed by atoms with Crippen LogP contribution in [0.25, 0.3) is 0 Å². The zero-order valence-corrected chi connectivity index (χ0v) is 12.0. The fraction of sp³-hybridized carbons (Fsp3) is 0.929. The molecule has 0 unspecified atom stereocenters. The molecule has 2 aliphatic heterocycles. The minimum absolute atomic E-state index is 0.243. The van der Waals surface area contributed by atoms with Crippen LogP contribution in [0.2, 0.25) is 0 Å². The lowest BCUT2D eigenvalue weighted by molar-refractivity contribution is -0.146. The van der Waals surface area contributed by atoms with Crippen molar-refractivity contribution in [2.75, 3.05) is 19.7 Å². The van der Waals surface area contributed by atoms with Gasteiger partial charge >= 0.3 is 5.97 Å². The Bertz CT molecular complexity index is 283. The molecule has 104 valence electrons. The summed E-state index contributed by atoms with van der Waals surface area (Å²) in [6, 6.07) is 0.635. The van der Waals surface area contributed by atoms with E-state index in [1.54, 1.807) is 0 Å². The molecule has 2 fully saturated rings. The molecular weight excluding hydrogens is 250 g/mol. The molecule has 2 saturated heterocycles. The number of esters is 1. The van der Waals surface area contributed by atoms with Gasteiger partial charge in [0.05, 0.1) is 6.61 Å². The van der Waals surface area contributed by atoms with Gasteiger partial charge in [0.25, 0.3) is 0 Å². The van der Waals surface area contributed by atoms with Crippen LogP contribution in [0.5, 0.6) is 0 Å². The summed E-state index contributed by atoms with van der Waals surface area (Å²) in [5.41, 5.74) is 0. The summed E-state index contributed by atoms with van der Waals surface area (Å²) in [6.07, 6.45) is 6.96. The predicted octanol–water partition coefficient (Wildman–Crippen LogP) is 2.81. The van der Waals surface area contributed by atoms with Crippen LogP contribution in [0.4, 0.5) is 0 Å². The van der Waals surface area contributed by atoms with Crippen LogP contribution in [0, 0.1) is 5.92 Å². The normalized spacial score (nSPS) is 30.6. The van der Waals surface area contributed by atoms with Crippen molar-refractivity contribution in [1.29, 1.82) is 0 Å². The van der Waals surface area contributed by atoms with E-state index in [2.05, 4.69) is 4.90 Å². The Hall–Kier alpha value is -0.280. The third-order valence-electron chi connectivity index (χ3n) is 4.28. The number of carbonyl (C=O) groups excluding carboxylic acids is 1. The van der Waals surface area contributed by atoms with E-state index >= 15 is 0 Å². The third kappa shape index (κ3) is 3.39. The summed E-state index contributed by atoms with van der Waals surface area (Å²) in [7, 11) is 0. The second-order valence-electron chi connectivity index (χ2n) is 5.51. The molecule has 0 aromatic heterocycles. The van der Waals surface area contributed by atoms with Gasteiger partial charge in [0.15, 0.2) is 0 Å². The lowest BCUT2D eigenvalue weighted by Crippen LogP contribution is -2.49. The number of alkyl halides is 1. The topological polar surface area (TPSA) is 29.5 Å². The summed E-state index contributed by atoms with van der Waals surface area (Å²) in [5.74, 6) is 0.274. The Morgan fingerprint density at radius 2 is 2.11 bits per heavy atom. The Balaban J connectivity index is 1.82. The quantitative estimate of drug-likeness (QED) is 0.583. The maximum atomic E-state index is 11.6. The number of hydrogen-bond acceptors (Lipinski definition) is 3. The van der Waals surface area contributed by atoms with E-state index in [1.165, 1.54) is 45.2 Å². The standard InChI is InChI=1S/C14H24ClNO2/c1-2-12(15)14(17)18-10-11-6-5-9-16-8-4-3-7-13(11)16/h11-13H,2-10H2,1H3/t11-,12-,13+/m0/s1. The number of ether oxygens (including phenoxy) is 1. The number of carbonyl (C=O) groups is 1. The van der Waals surface area contributed by atoms with Crippen molar-refractivity contribution in [1.82, 2.24) is 4.90 Å². The molecule has 0 aliphatic carbocycles. The lowest BCUT2D eigenvalue weighted by atomic mass is 9.84. The van der Waals surface area contributed by atoms with Gasteiger partial charge in [0, 0.05) is 12.0 Å².